The number of hydrogen-bond donors (Lipinski definition) is 1. The average molecular weight is 308 g/mol. The molecule has 0 aliphatic rings. The zero-order valence-electron chi connectivity index (χ0n) is 12.3. The van der Waals surface area contributed by atoms with Crippen molar-refractivity contribution in [3.63, 3.8) is 0 Å². The summed E-state index contributed by atoms with van der Waals surface area (Å²) in [7, 11) is 0. The van der Waals surface area contributed by atoms with Crippen LogP contribution in [0.1, 0.15) is 19.4 Å². The Morgan fingerprint density at radius 3 is 2.57 bits per heavy atom. The van der Waals surface area contributed by atoms with E-state index in [1.54, 1.807) is 6.07 Å². The summed E-state index contributed by atoms with van der Waals surface area (Å²) in [4.78, 5) is 14.4. The molecule has 1 aromatic heterocycles. The maximum absolute atomic E-state index is 6.10. The van der Waals surface area contributed by atoms with Crippen molar-refractivity contribution < 1.29 is 4.74 Å². The second kappa shape index (κ2) is 6.58. The molecule has 0 bridgehead atoms. The Hall–Kier alpha value is -2.08. The highest BCUT2D eigenvalue weighted by Gasteiger charge is 2.12. The number of nitrogen functional groups attached to an aromatic ring is 1. The minimum Gasteiger partial charge on any atom is -0.423 e. The van der Waals surface area contributed by atoms with E-state index in [-0.39, 0.29) is 12.0 Å². The largest absolute Gasteiger partial charge is 0.423 e. The van der Waals surface area contributed by atoms with E-state index < -0.39 is 0 Å². The molecule has 6 nitrogen and oxygen atoms in total. The number of ether oxygens (including phenoxy) is 1. The van der Waals surface area contributed by atoms with Crippen molar-refractivity contribution in [2.75, 3.05) is 23.7 Å². The van der Waals surface area contributed by atoms with Gasteiger partial charge in [0.25, 0.3) is 0 Å². The monoisotopic (exact) mass is 307 g/mol. The third-order valence-corrected chi connectivity index (χ3v) is 3.27. The third kappa shape index (κ3) is 3.72. The molecule has 1 aromatic carbocycles. The van der Waals surface area contributed by atoms with Gasteiger partial charge in [-0.3, -0.25) is 0 Å². The second-order valence-electron chi connectivity index (χ2n) is 4.48. The fraction of sp³-hybridized carbons (Fsp3) is 0.357. The lowest BCUT2D eigenvalue weighted by molar-refractivity contribution is 0.440. The number of benzene rings is 1. The van der Waals surface area contributed by atoms with Crippen molar-refractivity contribution in [3.05, 3.63) is 28.8 Å². The number of nitrogens with zero attached hydrogens (tertiary/aromatic N) is 4. The van der Waals surface area contributed by atoms with Crippen LogP contribution in [0.4, 0.5) is 11.9 Å². The predicted molar refractivity (Wildman–Crippen MR) is 84.1 cm³/mol. The molecular formula is C14H18ClN5O. The van der Waals surface area contributed by atoms with Crippen molar-refractivity contribution in [1.29, 1.82) is 0 Å². The van der Waals surface area contributed by atoms with E-state index >= 15 is 0 Å². The Morgan fingerprint density at radius 2 is 1.90 bits per heavy atom. The van der Waals surface area contributed by atoms with Gasteiger partial charge >= 0.3 is 6.01 Å². The molecule has 0 saturated carbocycles. The van der Waals surface area contributed by atoms with Gasteiger partial charge in [0.05, 0.1) is 5.02 Å². The Balaban J connectivity index is 2.34. The van der Waals surface area contributed by atoms with Gasteiger partial charge < -0.3 is 15.4 Å². The highest BCUT2D eigenvalue weighted by molar-refractivity contribution is 6.32. The Labute approximate surface area is 128 Å². The lowest BCUT2D eigenvalue weighted by atomic mass is 10.2. The molecule has 7 heteroatoms. The number of aromatic nitrogens is 3. The van der Waals surface area contributed by atoms with E-state index in [9.17, 15) is 0 Å². The summed E-state index contributed by atoms with van der Waals surface area (Å²) < 4.78 is 5.65. The van der Waals surface area contributed by atoms with Crippen LogP contribution in [0.5, 0.6) is 11.8 Å². The molecule has 2 N–H and O–H groups in total. The summed E-state index contributed by atoms with van der Waals surface area (Å²) in [6.45, 7) is 7.52. The van der Waals surface area contributed by atoms with Gasteiger partial charge in [-0.05, 0) is 38.5 Å². The third-order valence-electron chi connectivity index (χ3n) is 2.95. The van der Waals surface area contributed by atoms with E-state index in [0.29, 0.717) is 16.7 Å². The summed E-state index contributed by atoms with van der Waals surface area (Å²) >= 11 is 6.10. The van der Waals surface area contributed by atoms with Crippen LogP contribution in [0, 0.1) is 6.92 Å². The molecule has 0 aliphatic heterocycles. The fourth-order valence-electron chi connectivity index (χ4n) is 1.84. The zero-order valence-corrected chi connectivity index (χ0v) is 13.1. The van der Waals surface area contributed by atoms with Crippen molar-refractivity contribution in [2.24, 2.45) is 0 Å². The van der Waals surface area contributed by atoms with Crippen LogP contribution in [0.25, 0.3) is 0 Å². The maximum Gasteiger partial charge on any atom is 0.328 e. The summed E-state index contributed by atoms with van der Waals surface area (Å²) in [6, 6.07) is 5.62. The molecule has 0 spiro atoms. The van der Waals surface area contributed by atoms with Gasteiger partial charge in [-0.1, -0.05) is 17.7 Å². The first-order chi connectivity index (χ1) is 10.0. The normalized spacial score (nSPS) is 10.5. The van der Waals surface area contributed by atoms with Crippen molar-refractivity contribution >= 4 is 23.5 Å². The number of halogens is 1. The molecule has 112 valence electrons. The van der Waals surface area contributed by atoms with E-state index in [1.165, 1.54) is 0 Å². The van der Waals surface area contributed by atoms with Gasteiger partial charge in [0.1, 0.15) is 5.75 Å². The standard InChI is InChI=1S/C14H18ClN5O/c1-4-20(5-2)13-17-12(16)18-14(19-13)21-11-8-9(3)6-7-10(11)15/h6-8H,4-5H2,1-3H3,(H2,16,17,18,19). The fourth-order valence-corrected chi connectivity index (χ4v) is 2.00. The highest BCUT2D eigenvalue weighted by Crippen LogP contribution is 2.29. The zero-order chi connectivity index (χ0) is 15.4. The van der Waals surface area contributed by atoms with Crippen LogP contribution >= 0.6 is 11.6 Å². The van der Waals surface area contributed by atoms with Crippen LogP contribution in [-0.4, -0.2) is 28.0 Å². The first-order valence-corrected chi connectivity index (χ1v) is 7.11. The summed E-state index contributed by atoms with van der Waals surface area (Å²) in [5.74, 6) is 1.10. The Morgan fingerprint density at radius 1 is 1.19 bits per heavy atom. The van der Waals surface area contributed by atoms with Crippen molar-refractivity contribution in [2.45, 2.75) is 20.8 Å². The minimum atomic E-state index is 0.116. The summed E-state index contributed by atoms with van der Waals surface area (Å²) in [6.07, 6.45) is 0. The van der Waals surface area contributed by atoms with E-state index in [4.69, 9.17) is 22.1 Å². The Bertz CT molecular complexity index is 631. The molecule has 0 fully saturated rings. The highest BCUT2D eigenvalue weighted by atomic mass is 35.5. The molecule has 0 saturated heterocycles. The quantitative estimate of drug-likeness (QED) is 0.914. The van der Waals surface area contributed by atoms with Gasteiger partial charge in [0.15, 0.2) is 0 Å². The lowest BCUT2D eigenvalue weighted by Gasteiger charge is -2.18. The van der Waals surface area contributed by atoms with Crippen LogP contribution in [0.3, 0.4) is 0 Å². The van der Waals surface area contributed by atoms with Crippen molar-refractivity contribution in [1.82, 2.24) is 15.0 Å². The SMILES string of the molecule is CCN(CC)c1nc(N)nc(Oc2cc(C)ccc2Cl)n1. The van der Waals surface area contributed by atoms with Gasteiger partial charge in [-0.15, -0.1) is 0 Å². The molecule has 0 aliphatic carbocycles. The molecule has 21 heavy (non-hydrogen) atoms. The first-order valence-electron chi connectivity index (χ1n) is 6.74. The number of nitrogens with two attached hydrogens (primary N) is 1. The summed E-state index contributed by atoms with van der Waals surface area (Å²) in [5.41, 5.74) is 6.75. The number of aryl methyl sites for hydroxylation is 1. The summed E-state index contributed by atoms with van der Waals surface area (Å²) in [5, 5.41) is 0.490. The van der Waals surface area contributed by atoms with E-state index in [2.05, 4.69) is 15.0 Å². The molecule has 0 unspecified atom stereocenters. The maximum atomic E-state index is 6.10. The van der Waals surface area contributed by atoms with Crippen LogP contribution in [0.15, 0.2) is 18.2 Å². The average Bonchev–Trinajstić information content (AvgIpc) is 2.44. The lowest BCUT2D eigenvalue weighted by Crippen LogP contribution is -2.25. The molecule has 1 heterocycles. The number of hydrogen-bond acceptors (Lipinski definition) is 6. The van der Waals surface area contributed by atoms with Crippen LogP contribution in [-0.2, 0) is 0 Å². The Kier molecular flexibility index (Phi) is 4.80. The molecule has 0 atom stereocenters. The second-order valence-corrected chi connectivity index (χ2v) is 4.89. The van der Waals surface area contributed by atoms with Crippen LogP contribution < -0.4 is 15.4 Å². The van der Waals surface area contributed by atoms with Gasteiger partial charge in [-0.25, -0.2) is 0 Å². The van der Waals surface area contributed by atoms with E-state index in [1.807, 2.05) is 37.8 Å². The molecule has 0 radical (unpaired) electrons. The predicted octanol–water partition coefficient (Wildman–Crippen LogP) is 3.05. The van der Waals surface area contributed by atoms with Gasteiger partial charge in [-0.2, -0.15) is 15.0 Å². The molecule has 2 aromatic rings. The minimum absolute atomic E-state index is 0.116. The molecule has 0 amide bonds. The number of rotatable bonds is 5. The molecular weight excluding hydrogens is 290 g/mol. The topological polar surface area (TPSA) is 77.2 Å². The van der Waals surface area contributed by atoms with E-state index in [0.717, 1.165) is 18.7 Å². The first kappa shape index (κ1) is 15.3. The smallest absolute Gasteiger partial charge is 0.328 e. The van der Waals surface area contributed by atoms with Gasteiger partial charge in [0.2, 0.25) is 11.9 Å². The van der Waals surface area contributed by atoms with Crippen LogP contribution in [0.2, 0.25) is 5.02 Å². The number of anilines is 2. The van der Waals surface area contributed by atoms with Gasteiger partial charge in [0, 0.05) is 13.1 Å². The van der Waals surface area contributed by atoms with Crippen molar-refractivity contribution in [3.8, 4) is 11.8 Å². The molecule has 2 rings (SSSR count).